The molecule has 0 atom stereocenters. The zero-order valence-corrected chi connectivity index (χ0v) is 14.2. The maximum absolute atomic E-state index is 5.28. The topological polar surface area (TPSA) is 55.2 Å². The van der Waals surface area contributed by atoms with Crippen LogP contribution in [0.4, 0.5) is 0 Å². The second-order valence-corrected chi connectivity index (χ2v) is 6.23. The number of hydrogen-bond donors (Lipinski definition) is 1. The molecule has 0 aliphatic heterocycles. The highest BCUT2D eigenvalue weighted by Gasteiger charge is 2.10. The molecule has 0 saturated heterocycles. The summed E-state index contributed by atoms with van der Waals surface area (Å²) in [4.78, 5) is 4.32. The van der Waals surface area contributed by atoms with E-state index < -0.39 is 0 Å². The van der Waals surface area contributed by atoms with Crippen LogP contribution in [0.25, 0.3) is 38.7 Å². The second kappa shape index (κ2) is 5.74. The fourth-order valence-corrected chi connectivity index (χ4v) is 3.31. The van der Waals surface area contributed by atoms with E-state index in [-0.39, 0.29) is 0 Å². The lowest BCUT2D eigenvalue weighted by Gasteiger charge is -2.10. The van der Waals surface area contributed by atoms with Crippen LogP contribution in [-0.2, 0) is 0 Å². The number of nitrogens with zero attached hydrogens (tertiary/aromatic N) is 3. The van der Waals surface area contributed by atoms with Gasteiger partial charge >= 0.3 is 0 Å². The van der Waals surface area contributed by atoms with Crippen molar-refractivity contribution < 1.29 is 4.74 Å². The van der Waals surface area contributed by atoms with E-state index in [4.69, 9.17) is 4.74 Å². The lowest BCUT2D eigenvalue weighted by atomic mass is 9.99. The Kier molecular flexibility index (Phi) is 3.25. The number of H-pyrrole nitrogens is 1. The molecule has 26 heavy (non-hydrogen) atoms. The second-order valence-electron chi connectivity index (χ2n) is 6.23. The van der Waals surface area contributed by atoms with Gasteiger partial charge in [-0.1, -0.05) is 24.3 Å². The van der Waals surface area contributed by atoms with Crippen molar-refractivity contribution in [3.05, 3.63) is 73.4 Å². The van der Waals surface area contributed by atoms with E-state index in [1.807, 2.05) is 30.9 Å². The van der Waals surface area contributed by atoms with Crippen molar-refractivity contribution in [3.63, 3.8) is 0 Å². The van der Waals surface area contributed by atoms with Crippen LogP contribution in [0.5, 0.6) is 5.75 Å². The molecule has 5 rings (SSSR count). The fourth-order valence-electron chi connectivity index (χ4n) is 3.31. The highest BCUT2D eigenvalue weighted by molar-refractivity contribution is 5.87. The summed E-state index contributed by atoms with van der Waals surface area (Å²) in [6, 6.07) is 16.6. The Morgan fingerprint density at radius 1 is 0.923 bits per heavy atom. The molecule has 0 fully saturated rings. The van der Waals surface area contributed by atoms with E-state index in [1.165, 1.54) is 0 Å². The molecule has 2 aromatic carbocycles. The first-order valence-corrected chi connectivity index (χ1v) is 8.35. The Morgan fingerprint density at radius 3 is 2.62 bits per heavy atom. The molecule has 126 valence electrons. The molecular weight excluding hydrogens is 324 g/mol. The molecule has 5 nitrogen and oxygen atoms in total. The van der Waals surface area contributed by atoms with E-state index in [1.54, 1.807) is 7.11 Å². The van der Waals surface area contributed by atoms with Crippen molar-refractivity contribution in [2.24, 2.45) is 0 Å². The number of aromatic nitrogens is 4. The first-order chi connectivity index (χ1) is 12.8. The minimum atomic E-state index is 0.846. The summed E-state index contributed by atoms with van der Waals surface area (Å²) in [6.07, 6.45) is 7.66. The number of imidazole rings is 1. The van der Waals surface area contributed by atoms with Crippen LogP contribution in [0.1, 0.15) is 0 Å². The van der Waals surface area contributed by atoms with Gasteiger partial charge in [-0.2, -0.15) is 5.10 Å². The smallest absolute Gasteiger partial charge is 0.118 e. The minimum absolute atomic E-state index is 0.846. The Bertz CT molecular complexity index is 1220. The Morgan fingerprint density at radius 2 is 1.77 bits per heavy atom. The zero-order chi connectivity index (χ0) is 17.5. The molecule has 0 aliphatic carbocycles. The third-order valence-corrected chi connectivity index (χ3v) is 4.70. The minimum Gasteiger partial charge on any atom is -0.497 e. The Hall–Kier alpha value is -3.60. The van der Waals surface area contributed by atoms with Crippen molar-refractivity contribution >= 4 is 16.4 Å². The van der Waals surface area contributed by atoms with Gasteiger partial charge < -0.3 is 9.14 Å². The van der Waals surface area contributed by atoms with Gasteiger partial charge in [-0.3, -0.25) is 5.10 Å². The molecule has 0 bridgehead atoms. The average molecular weight is 340 g/mol. The molecule has 0 spiro atoms. The van der Waals surface area contributed by atoms with E-state index in [2.05, 4.69) is 62.2 Å². The molecular formula is C21H16N4O. The molecule has 3 heterocycles. The number of rotatable bonds is 3. The van der Waals surface area contributed by atoms with E-state index >= 15 is 0 Å². The standard InChI is InChI=1S/C21H16N4O/c1-26-18-6-4-14(5-7-18)19-8-17(12-25-13-22-11-21(19)25)15-2-3-16-10-23-24-20(16)9-15/h2-13H,1H3,(H,23,24). The lowest BCUT2D eigenvalue weighted by Crippen LogP contribution is -1.90. The first kappa shape index (κ1) is 14.7. The number of methoxy groups -OCH3 is 1. The number of benzene rings is 2. The fraction of sp³-hybridized carbons (Fsp3) is 0.0476. The summed E-state index contributed by atoms with van der Waals surface area (Å²) >= 11 is 0. The van der Waals surface area contributed by atoms with Gasteiger partial charge in [-0.15, -0.1) is 0 Å². The molecule has 0 aliphatic rings. The molecule has 5 aromatic rings. The highest BCUT2D eigenvalue weighted by atomic mass is 16.5. The van der Waals surface area contributed by atoms with Crippen LogP contribution in [0.3, 0.4) is 0 Å². The van der Waals surface area contributed by atoms with Gasteiger partial charge in [-0.25, -0.2) is 4.98 Å². The summed E-state index contributed by atoms with van der Waals surface area (Å²) in [7, 11) is 1.68. The van der Waals surface area contributed by atoms with Crippen LogP contribution >= 0.6 is 0 Å². The van der Waals surface area contributed by atoms with Gasteiger partial charge in [0, 0.05) is 17.1 Å². The monoisotopic (exact) mass is 340 g/mol. The highest BCUT2D eigenvalue weighted by Crippen LogP contribution is 2.32. The SMILES string of the molecule is COc1ccc(-c2cc(-c3ccc4cn[nH]c4c3)cn3cncc23)cc1. The number of ether oxygens (including phenoxy) is 1. The predicted molar refractivity (Wildman–Crippen MR) is 102 cm³/mol. The normalized spacial score (nSPS) is 11.3. The largest absolute Gasteiger partial charge is 0.497 e. The van der Waals surface area contributed by atoms with Gasteiger partial charge in [0.2, 0.25) is 0 Å². The summed E-state index contributed by atoms with van der Waals surface area (Å²) < 4.78 is 7.34. The van der Waals surface area contributed by atoms with Crippen molar-refractivity contribution in [1.29, 1.82) is 0 Å². The number of aromatic amines is 1. The van der Waals surface area contributed by atoms with E-state index in [9.17, 15) is 0 Å². The summed E-state index contributed by atoms with van der Waals surface area (Å²) in [6.45, 7) is 0. The molecule has 0 amide bonds. The lowest BCUT2D eigenvalue weighted by molar-refractivity contribution is 0.415. The molecule has 5 heteroatoms. The molecule has 0 unspecified atom stereocenters. The van der Waals surface area contributed by atoms with Crippen LogP contribution in [0.15, 0.2) is 73.4 Å². The molecule has 0 saturated carbocycles. The maximum Gasteiger partial charge on any atom is 0.118 e. The maximum atomic E-state index is 5.28. The zero-order valence-electron chi connectivity index (χ0n) is 14.2. The summed E-state index contributed by atoms with van der Waals surface area (Å²) in [5, 5.41) is 8.25. The van der Waals surface area contributed by atoms with Crippen LogP contribution < -0.4 is 4.74 Å². The van der Waals surface area contributed by atoms with Gasteiger partial charge in [0.25, 0.3) is 0 Å². The first-order valence-electron chi connectivity index (χ1n) is 8.35. The van der Waals surface area contributed by atoms with Gasteiger partial charge in [0.05, 0.1) is 36.9 Å². The quantitative estimate of drug-likeness (QED) is 0.524. The van der Waals surface area contributed by atoms with Crippen molar-refractivity contribution in [3.8, 4) is 28.0 Å². The van der Waals surface area contributed by atoms with Crippen molar-refractivity contribution in [2.75, 3.05) is 7.11 Å². The average Bonchev–Trinajstić information content (AvgIpc) is 3.35. The molecule has 0 radical (unpaired) electrons. The van der Waals surface area contributed by atoms with E-state index in [0.29, 0.717) is 0 Å². The predicted octanol–water partition coefficient (Wildman–Crippen LogP) is 4.55. The number of nitrogens with one attached hydrogen (secondary N) is 1. The third kappa shape index (κ3) is 2.33. The van der Waals surface area contributed by atoms with Gasteiger partial charge in [-0.05, 0) is 41.0 Å². The molecule has 3 aromatic heterocycles. The number of fused-ring (bicyclic) bond motifs is 2. The number of hydrogen-bond acceptors (Lipinski definition) is 3. The van der Waals surface area contributed by atoms with Crippen LogP contribution in [0.2, 0.25) is 0 Å². The van der Waals surface area contributed by atoms with Crippen molar-refractivity contribution in [1.82, 2.24) is 19.6 Å². The Balaban J connectivity index is 1.71. The van der Waals surface area contributed by atoms with Crippen molar-refractivity contribution in [2.45, 2.75) is 0 Å². The number of pyridine rings is 1. The van der Waals surface area contributed by atoms with Crippen LogP contribution in [0, 0.1) is 0 Å². The summed E-state index contributed by atoms with van der Waals surface area (Å²) in [5.74, 6) is 0.846. The Labute approximate surface area is 149 Å². The van der Waals surface area contributed by atoms with Crippen LogP contribution in [-0.4, -0.2) is 26.7 Å². The van der Waals surface area contributed by atoms with E-state index in [0.717, 1.165) is 44.4 Å². The van der Waals surface area contributed by atoms with Gasteiger partial charge in [0.1, 0.15) is 5.75 Å². The third-order valence-electron chi connectivity index (χ3n) is 4.70. The summed E-state index contributed by atoms with van der Waals surface area (Å²) in [5.41, 5.74) is 6.61. The molecule has 1 N–H and O–H groups in total. The van der Waals surface area contributed by atoms with Gasteiger partial charge in [0.15, 0.2) is 0 Å².